The van der Waals surface area contributed by atoms with Crippen molar-refractivity contribution in [3.05, 3.63) is 60.2 Å². The number of fused-ring (bicyclic) bond motifs is 1. The summed E-state index contributed by atoms with van der Waals surface area (Å²) in [5.41, 5.74) is 2.29. The third-order valence-corrected chi connectivity index (χ3v) is 5.75. The van der Waals surface area contributed by atoms with Crippen LogP contribution in [0.5, 0.6) is 0 Å². The molecule has 0 saturated carbocycles. The zero-order valence-electron chi connectivity index (χ0n) is 14.6. The number of benzene rings is 2. The summed E-state index contributed by atoms with van der Waals surface area (Å²) in [6, 6.07) is 18.5. The minimum absolute atomic E-state index is 0.0323. The molecule has 0 atom stereocenters. The van der Waals surface area contributed by atoms with Gasteiger partial charge in [-0.25, -0.2) is 9.78 Å². The molecule has 6 heteroatoms. The Balaban J connectivity index is 1.27. The molecule has 0 aliphatic carbocycles. The maximum absolute atomic E-state index is 12.4. The first-order valence-corrected chi connectivity index (χ1v) is 9.78. The molecule has 2 heterocycles. The van der Waals surface area contributed by atoms with E-state index < -0.39 is 0 Å². The van der Waals surface area contributed by atoms with Gasteiger partial charge in [0.2, 0.25) is 0 Å². The molecule has 1 aromatic heterocycles. The summed E-state index contributed by atoms with van der Waals surface area (Å²) in [6.45, 7) is 3.78. The van der Waals surface area contributed by atoms with Crippen molar-refractivity contribution >= 4 is 32.7 Å². The van der Waals surface area contributed by atoms with Crippen LogP contribution in [0.1, 0.15) is 5.56 Å². The first-order valence-electron chi connectivity index (χ1n) is 8.97. The topological polar surface area (TPSA) is 48.5 Å². The van der Waals surface area contributed by atoms with Crippen molar-refractivity contribution in [3.8, 4) is 0 Å². The van der Waals surface area contributed by atoms with Gasteiger partial charge in [-0.05, 0) is 24.1 Å². The van der Waals surface area contributed by atoms with E-state index in [2.05, 4.69) is 28.4 Å². The van der Waals surface area contributed by atoms with Gasteiger partial charge in [0.05, 0.1) is 10.2 Å². The Bertz CT molecular complexity index is 839. The van der Waals surface area contributed by atoms with E-state index in [0.717, 1.165) is 43.2 Å². The molecular formula is C20H22N4OS. The van der Waals surface area contributed by atoms with E-state index in [0.29, 0.717) is 6.54 Å². The van der Waals surface area contributed by atoms with Crippen LogP contribution in [-0.4, -0.2) is 48.6 Å². The highest BCUT2D eigenvalue weighted by Crippen LogP contribution is 2.29. The molecule has 0 spiro atoms. The van der Waals surface area contributed by atoms with Crippen LogP contribution in [0, 0.1) is 0 Å². The molecule has 1 aliphatic rings. The van der Waals surface area contributed by atoms with E-state index in [1.807, 2.05) is 41.3 Å². The molecule has 1 fully saturated rings. The lowest BCUT2D eigenvalue weighted by molar-refractivity contribution is 0.194. The van der Waals surface area contributed by atoms with Crippen molar-refractivity contribution in [1.82, 2.24) is 15.2 Å². The van der Waals surface area contributed by atoms with Gasteiger partial charge in [0, 0.05) is 32.7 Å². The van der Waals surface area contributed by atoms with Gasteiger partial charge < -0.3 is 15.1 Å². The number of rotatable bonds is 4. The van der Waals surface area contributed by atoms with Gasteiger partial charge in [-0.3, -0.25) is 0 Å². The molecule has 1 N–H and O–H groups in total. The highest BCUT2D eigenvalue weighted by molar-refractivity contribution is 7.22. The average Bonchev–Trinajstić information content (AvgIpc) is 3.13. The largest absolute Gasteiger partial charge is 0.345 e. The van der Waals surface area contributed by atoms with E-state index in [-0.39, 0.29) is 6.03 Å². The van der Waals surface area contributed by atoms with Crippen molar-refractivity contribution in [2.75, 3.05) is 37.6 Å². The molecular weight excluding hydrogens is 344 g/mol. The molecule has 0 unspecified atom stereocenters. The molecule has 134 valence electrons. The van der Waals surface area contributed by atoms with Crippen LogP contribution < -0.4 is 10.2 Å². The summed E-state index contributed by atoms with van der Waals surface area (Å²) in [5.74, 6) is 0. The Labute approximate surface area is 157 Å². The summed E-state index contributed by atoms with van der Waals surface area (Å²) < 4.78 is 1.21. The van der Waals surface area contributed by atoms with E-state index in [4.69, 9.17) is 4.98 Å². The molecule has 26 heavy (non-hydrogen) atoms. The fraction of sp³-hybridized carbons (Fsp3) is 0.300. The zero-order chi connectivity index (χ0) is 17.8. The normalized spacial score (nSPS) is 14.6. The summed E-state index contributed by atoms with van der Waals surface area (Å²) >= 11 is 1.72. The number of amides is 2. The second-order valence-electron chi connectivity index (χ2n) is 6.41. The molecule has 2 aromatic carbocycles. The van der Waals surface area contributed by atoms with Crippen molar-refractivity contribution in [1.29, 1.82) is 0 Å². The van der Waals surface area contributed by atoms with E-state index in [9.17, 15) is 4.79 Å². The number of carbonyl (C=O) groups excluding carboxylic acids is 1. The average molecular weight is 366 g/mol. The molecule has 1 aliphatic heterocycles. The number of thiazole rings is 1. The van der Waals surface area contributed by atoms with Crippen molar-refractivity contribution in [3.63, 3.8) is 0 Å². The predicted octanol–water partition coefficient (Wildman–Crippen LogP) is 3.37. The zero-order valence-corrected chi connectivity index (χ0v) is 15.4. The van der Waals surface area contributed by atoms with Crippen LogP contribution in [0.15, 0.2) is 54.6 Å². The van der Waals surface area contributed by atoms with Crippen molar-refractivity contribution < 1.29 is 4.79 Å². The third-order valence-electron chi connectivity index (χ3n) is 4.65. The number of carbonyl (C=O) groups is 1. The SMILES string of the molecule is O=C(NCCc1ccccc1)N1CCN(c2nc3ccccc3s2)CC1. The van der Waals surface area contributed by atoms with Gasteiger partial charge in [-0.15, -0.1) is 0 Å². The number of nitrogens with one attached hydrogen (secondary N) is 1. The van der Waals surface area contributed by atoms with E-state index in [1.165, 1.54) is 10.3 Å². The Morgan fingerprint density at radius 3 is 2.50 bits per heavy atom. The monoisotopic (exact) mass is 366 g/mol. The lowest BCUT2D eigenvalue weighted by Gasteiger charge is -2.34. The van der Waals surface area contributed by atoms with Gasteiger partial charge in [-0.2, -0.15) is 0 Å². The number of aromatic nitrogens is 1. The Hall–Kier alpha value is -2.60. The second kappa shape index (κ2) is 7.74. The summed E-state index contributed by atoms with van der Waals surface area (Å²) in [6.07, 6.45) is 0.859. The molecule has 3 aromatic rings. The highest BCUT2D eigenvalue weighted by Gasteiger charge is 2.22. The fourth-order valence-electron chi connectivity index (χ4n) is 3.17. The predicted molar refractivity (Wildman–Crippen MR) is 107 cm³/mol. The molecule has 1 saturated heterocycles. The van der Waals surface area contributed by atoms with Crippen LogP contribution >= 0.6 is 11.3 Å². The van der Waals surface area contributed by atoms with Crippen LogP contribution in [0.25, 0.3) is 10.2 Å². The van der Waals surface area contributed by atoms with Crippen LogP contribution in [0.3, 0.4) is 0 Å². The second-order valence-corrected chi connectivity index (χ2v) is 7.41. The molecule has 0 radical (unpaired) electrons. The number of urea groups is 1. The number of para-hydroxylation sites is 1. The summed E-state index contributed by atoms with van der Waals surface area (Å²) in [7, 11) is 0. The van der Waals surface area contributed by atoms with Gasteiger partial charge in [-0.1, -0.05) is 53.8 Å². The van der Waals surface area contributed by atoms with Crippen molar-refractivity contribution in [2.24, 2.45) is 0 Å². The van der Waals surface area contributed by atoms with E-state index in [1.54, 1.807) is 11.3 Å². The number of nitrogens with zero attached hydrogens (tertiary/aromatic N) is 3. The Morgan fingerprint density at radius 2 is 1.73 bits per heavy atom. The lowest BCUT2D eigenvalue weighted by Crippen LogP contribution is -2.52. The quantitative estimate of drug-likeness (QED) is 0.770. The Morgan fingerprint density at radius 1 is 1.00 bits per heavy atom. The molecule has 2 amide bonds. The first kappa shape index (κ1) is 16.8. The maximum Gasteiger partial charge on any atom is 0.317 e. The van der Waals surface area contributed by atoms with Gasteiger partial charge in [0.25, 0.3) is 0 Å². The minimum atomic E-state index is 0.0323. The Kier molecular flexibility index (Phi) is 5.02. The number of anilines is 1. The maximum atomic E-state index is 12.4. The summed E-state index contributed by atoms with van der Waals surface area (Å²) in [5, 5.41) is 4.08. The number of hydrogen-bond acceptors (Lipinski definition) is 4. The standard InChI is InChI=1S/C20H22N4OS/c25-19(21-11-10-16-6-2-1-3-7-16)23-12-14-24(15-13-23)20-22-17-8-4-5-9-18(17)26-20/h1-9H,10-15H2,(H,21,25). The molecule has 4 rings (SSSR count). The lowest BCUT2D eigenvalue weighted by atomic mass is 10.1. The van der Waals surface area contributed by atoms with Crippen LogP contribution in [0.4, 0.5) is 9.93 Å². The molecule has 0 bridgehead atoms. The number of piperazine rings is 1. The van der Waals surface area contributed by atoms with Gasteiger partial charge in [0.1, 0.15) is 0 Å². The smallest absolute Gasteiger partial charge is 0.317 e. The third kappa shape index (κ3) is 3.80. The molecule has 5 nitrogen and oxygen atoms in total. The van der Waals surface area contributed by atoms with Crippen LogP contribution in [0.2, 0.25) is 0 Å². The van der Waals surface area contributed by atoms with E-state index >= 15 is 0 Å². The van der Waals surface area contributed by atoms with Crippen molar-refractivity contribution in [2.45, 2.75) is 6.42 Å². The summed E-state index contributed by atoms with van der Waals surface area (Å²) in [4.78, 5) is 21.2. The van der Waals surface area contributed by atoms with Gasteiger partial charge >= 0.3 is 6.03 Å². The fourth-order valence-corrected chi connectivity index (χ4v) is 4.18. The number of hydrogen-bond donors (Lipinski definition) is 1. The highest BCUT2D eigenvalue weighted by atomic mass is 32.1. The van der Waals surface area contributed by atoms with Gasteiger partial charge in [0.15, 0.2) is 5.13 Å². The van der Waals surface area contributed by atoms with Crippen LogP contribution in [-0.2, 0) is 6.42 Å². The first-order chi connectivity index (χ1) is 12.8. The minimum Gasteiger partial charge on any atom is -0.345 e.